The van der Waals surface area contributed by atoms with Crippen LogP contribution in [0.25, 0.3) is 0 Å². The zero-order chi connectivity index (χ0) is 15.4. The maximum atomic E-state index is 12.1. The van der Waals surface area contributed by atoms with Gasteiger partial charge in [-0.2, -0.15) is 0 Å². The molecule has 6 heteroatoms. The minimum absolute atomic E-state index is 0.270. The van der Waals surface area contributed by atoms with Gasteiger partial charge in [0.25, 0.3) is 5.91 Å². The highest BCUT2D eigenvalue weighted by Gasteiger charge is 2.38. The molecule has 0 radical (unpaired) electrons. The lowest BCUT2D eigenvalue weighted by Crippen LogP contribution is -2.38. The first-order valence-corrected chi connectivity index (χ1v) is 6.94. The molecule has 1 unspecified atom stereocenters. The number of carbonyl (C=O) groups excluding carboxylic acids is 3. The summed E-state index contributed by atoms with van der Waals surface area (Å²) in [6.07, 6.45) is 0.571. The minimum Gasteiger partial charge on any atom is -0.326 e. The van der Waals surface area contributed by atoms with Crippen molar-refractivity contribution in [3.8, 4) is 0 Å². The van der Waals surface area contributed by atoms with Crippen molar-refractivity contribution in [3.63, 3.8) is 0 Å². The fraction of sp³-hybridized carbons (Fsp3) is 0.400. The number of hydrogen-bond donors (Lipinski definition) is 2. The van der Waals surface area contributed by atoms with Crippen LogP contribution in [0.1, 0.15) is 20.3 Å². The van der Waals surface area contributed by atoms with Crippen molar-refractivity contribution in [3.05, 3.63) is 30.3 Å². The highest BCUT2D eigenvalue weighted by molar-refractivity contribution is 6.07. The number of carbonyl (C=O) groups is 3. The van der Waals surface area contributed by atoms with Crippen molar-refractivity contribution < 1.29 is 14.4 Å². The van der Waals surface area contributed by atoms with Crippen LogP contribution in [-0.2, 0) is 9.59 Å². The second-order valence-electron chi connectivity index (χ2n) is 5.47. The number of para-hydroxylation sites is 1. The SMILES string of the molecule is CC(C)CC1NC(=O)N(CC(=O)Nc2ccccc2)C1=O. The van der Waals surface area contributed by atoms with E-state index in [-0.39, 0.29) is 18.4 Å². The molecule has 0 aliphatic carbocycles. The molecule has 2 rings (SSSR count). The van der Waals surface area contributed by atoms with E-state index < -0.39 is 18.0 Å². The van der Waals surface area contributed by atoms with E-state index in [0.29, 0.717) is 12.1 Å². The standard InChI is InChI=1S/C15H19N3O3/c1-10(2)8-12-14(20)18(15(21)17-12)9-13(19)16-11-6-4-3-5-7-11/h3-7,10,12H,8-9H2,1-2H3,(H,16,19)(H,17,21). The van der Waals surface area contributed by atoms with Crippen LogP contribution in [0.3, 0.4) is 0 Å². The van der Waals surface area contributed by atoms with Gasteiger partial charge in [0.05, 0.1) is 0 Å². The molecule has 1 heterocycles. The number of imide groups is 1. The number of amides is 4. The van der Waals surface area contributed by atoms with Crippen LogP contribution in [0.4, 0.5) is 10.5 Å². The molecule has 0 bridgehead atoms. The van der Waals surface area contributed by atoms with Gasteiger partial charge in [-0.25, -0.2) is 4.79 Å². The van der Waals surface area contributed by atoms with E-state index in [9.17, 15) is 14.4 Å². The van der Waals surface area contributed by atoms with E-state index in [4.69, 9.17) is 0 Å². The third kappa shape index (κ3) is 3.81. The van der Waals surface area contributed by atoms with E-state index in [1.165, 1.54) is 0 Å². The molecule has 112 valence electrons. The number of benzene rings is 1. The molecule has 0 saturated carbocycles. The maximum Gasteiger partial charge on any atom is 0.325 e. The summed E-state index contributed by atoms with van der Waals surface area (Å²) in [5, 5.41) is 5.26. The van der Waals surface area contributed by atoms with Crippen molar-refractivity contribution in [2.24, 2.45) is 5.92 Å². The van der Waals surface area contributed by atoms with Crippen molar-refractivity contribution in [2.45, 2.75) is 26.3 Å². The van der Waals surface area contributed by atoms with Crippen molar-refractivity contribution in [1.29, 1.82) is 0 Å². The number of nitrogens with zero attached hydrogens (tertiary/aromatic N) is 1. The van der Waals surface area contributed by atoms with E-state index in [2.05, 4.69) is 10.6 Å². The summed E-state index contributed by atoms with van der Waals surface area (Å²) >= 11 is 0. The number of nitrogens with one attached hydrogen (secondary N) is 2. The molecule has 1 saturated heterocycles. The van der Waals surface area contributed by atoms with Crippen molar-refractivity contribution in [1.82, 2.24) is 10.2 Å². The topological polar surface area (TPSA) is 78.5 Å². The monoisotopic (exact) mass is 289 g/mol. The average molecular weight is 289 g/mol. The van der Waals surface area contributed by atoms with Crippen LogP contribution >= 0.6 is 0 Å². The molecule has 1 atom stereocenters. The Morgan fingerprint density at radius 1 is 1.29 bits per heavy atom. The largest absolute Gasteiger partial charge is 0.326 e. The molecule has 0 spiro atoms. The zero-order valence-corrected chi connectivity index (χ0v) is 12.1. The lowest BCUT2D eigenvalue weighted by Gasteiger charge is -2.13. The van der Waals surface area contributed by atoms with Crippen LogP contribution in [-0.4, -0.2) is 35.3 Å². The second-order valence-corrected chi connectivity index (χ2v) is 5.47. The lowest BCUT2D eigenvalue weighted by atomic mass is 10.0. The molecule has 1 fully saturated rings. The van der Waals surface area contributed by atoms with Gasteiger partial charge >= 0.3 is 6.03 Å². The quantitative estimate of drug-likeness (QED) is 0.808. The van der Waals surface area contributed by atoms with E-state index in [1.807, 2.05) is 19.9 Å². The Morgan fingerprint density at radius 2 is 1.95 bits per heavy atom. The van der Waals surface area contributed by atoms with Crippen LogP contribution in [0.15, 0.2) is 30.3 Å². The predicted molar refractivity (Wildman–Crippen MR) is 78.6 cm³/mol. The van der Waals surface area contributed by atoms with Crippen LogP contribution in [0.5, 0.6) is 0 Å². The molecule has 1 aromatic rings. The normalized spacial score (nSPS) is 18.0. The van der Waals surface area contributed by atoms with Gasteiger partial charge in [-0.3, -0.25) is 14.5 Å². The Morgan fingerprint density at radius 3 is 2.57 bits per heavy atom. The van der Waals surface area contributed by atoms with Gasteiger partial charge < -0.3 is 10.6 Å². The number of hydrogen-bond acceptors (Lipinski definition) is 3. The average Bonchev–Trinajstić information content (AvgIpc) is 2.67. The Bertz CT molecular complexity index is 542. The Labute approximate surface area is 123 Å². The first-order valence-electron chi connectivity index (χ1n) is 6.94. The predicted octanol–water partition coefficient (Wildman–Crippen LogP) is 1.59. The van der Waals surface area contributed by atoms with Crippen LogP contribution in [0, 0.1) is 5.92 Å². The maximum absolute atomic E-state index is 12.1. The van der Waals surface area contributed by atoms with Crippen molar-refractivity contribution in [2.75, 3.05) is 11.9 Å². The third-order valence-electron chi connectivity index (χ3n) is 3.17. The van der Waals surface area contributed by atoms with Gasteiger partial charge in [0, 0.05) is 5.69 Å². The number of rotatable bonds is 5. The molecule has 1 aliphatic heterocycles. The molecule has 0 aromatic heterocycles. The van der Waals surface area contributed by atoms with Crippen LogP contribution in [0.2, 0.25) is 0 Å². The summed E-state index contributed by atoms with van der Waals surface area (Å²) in [6, 6.07) is 7.88. The minimum atomic E-state index is -0.526. The zero-order valence-electron chi connectivity index (χ0n) is 12.1. The molecule has 1 aliphatic rings. The van der Waals surface area contributed by atoms with Gasteiger partial charge in [0.15, 0.2) is 0 Å². The highest BCUT2D eigenvalue weighted by Crippen LogP contribution is 2.14. The van der Waals surface area contributed by atoms with Gasteiger partial charge in [0.1, 0.15) is 12.6 Å². The molecule has 6 nitrogen and oxygen atoms in total. The van der Waals surface area contributed by atoms with Gasteiger partial charge in [-0.15, -0.1) is 0 Å². The molecule has 21 heavy (non-hydrogen) atoms. The first kappa shape index (κ1) is 15.0. The fourth-order valence-corrected chi connectivity index (χ4v) is 2.22. The molecule has 1 aromatic carbocycles. The summed E-state index contributed by atoms with van der Waals surface area (Å²) < 4.78 is 0. The van der Waals surface area contributed by atoms with E-state index in [1.54, 1.807) is 24.3 Å². The summed E-state index contributed by atoms with van der Waals surface area (Å²) in [5.74, 6) is -0.441. The Kier molecular flexibility index (Phi) is 4.57. The third-order valence-corrected chi connectivity index (χ3v) is 3.17. The number of urea groups is 1. The van der Waals surface area contributed by atoms with Gasteiger partial charge in [-0.1, -0.05) is 32.0 Å². The smallest absolute Gasteiger partial charge is 0.325 e. The molecular weight excluding hydrogens is 270 g/mol. The second kappa shape index (κ2) is 6.39. The summed E-state index contributed by atoms with van der Waals surface area (Å²) in [7, 11) is 0. The summed E-state index contributed by atoms with van der Waals surface area (Å²) in [6.45, 7) is 3.68. The summed E-state index contributed by atoms with van der Waals surface area (Å²) in [4.78, 5) is 36.7. The van der Waals surface area contributed by atoms with Crippen LogP contribution < -0.4 is 10.6 Å². The molecule has 4 amide bonds. The fourth-order valence-electron chi connectivity index (χ4n) is 2.22. The van der Waals surface area contributed by atoms with Gasteiger partial charge in [-0.05, 0) is 24.5 Å². The number of anilines is 1. The Hall–Kier alpha value is -2.37. The highest BCUT2D eigenvalue weighted by atomic mass is 16.2. The molecule has 2 N–H and O–H groups in total. The lowest BCUT2D eigenvalue weighted by molar-refractivity contribution is -0.131. The van der Waals surface area contributed by atoms with E-state index in [0.717, 1.165) is 4.90 Å². The summed E-state index contributed by atoms with van der Waals surface area (Å²) in [5.41, 5.74) is 0.633. The first-order chi connectivity index (χ1) is 9.97. The molecular formula is C15H19N3O3. The Balaban J connectivity index is 1.94. The van der Waals surface area contributed by atoms with Gasteiger partial charge in [0.2, 0.25) is 5.91 Å². The van der Waals surface area contributed by atoms with Crippen molar-refractivity contribution >= 4 is 23.5 Å². The van der Waals surface area contributed by atoms with E-state index >= 15 is 0 Å².